The molecule has 0 bridgehead atoms. The van der Waals surface area contributed by atoms with Crippen molar-refractivity contribution in [1.29, 1.82) is 0 Å². The molecule has 0 spiro atoms. The van der Waals surface area contributed by atoms with E-state index in [1.807, 2.05) is 20.0 Å². The minimum absolute atomic E-state index is 0.0439. The Morgan fingerprint density at radius 2 is 1.96 bits per heavy atom. The summed E-state index contributed by atoms with van der Waals surface area (Å²) >= 11 is 0. The zero-order valence-electron chi connectivity index (χ0n) is 15.0. The Balaban J connectivity index is 1.57. The molecular weight excluding hydrogens is 338 g/mol. The number of carbonyl (C=O) groups excluding carboxylic acids is 1. The molecule has 2 heterocycles. The van der Waals surface area contributed by atoms with Gasteiger partial charge in [-0.15, -0.1) is 0 Å². The molecule has 7 heteroatoms. The van der Waals surface area contributed by atoms with Gasteiger partial charge >= 0.3 is 0 Å². The fourth-order valence-electron chi connectivity index (χ4n) is 3.26. The van der Waals surface area contributed by atoms with Gasteiger partial charge in [-0.2, -0.15) is 0 Å². The maximum Gasteiger partial charge on any atom is 0.227 e. The van der Waals surface area contributed by atoms with Crippen LogP contribution < -0.4 is 4.90 Å². The van der Waals surface area contributed by atoms with E-state index >= 15 is 0 Å². The maximum absolute atomic E-state index is 13.7. The van der Waals surface area contributed by atoms with Crippen LogP contribution in [-0.2, 0) is 11.2 Å². The quantitative estimate of drug-likeness (QED) is 0.841. The largest absolute Gasteiger partial charge is 0.356 e. The summed E-state index contributed by atoms with van der Waals surface area (Å²) in [6, 6.07) is 5.55. The van der Waals surface area contributed by atoms with Gasteiger partial charge in [0.05, 0.1) is 6.42 Å². The first-order chi connectivity index (χ1) is 12.4. The molecule has 0 unspecified atom stereocenters. The number of nitrogens with zero attached hydrogens (tertiary/aromatic N) is 4. The highest BCUT2D eigenvalue weighted by molar-refractivity contribution is 5.79. The van der Waals surface area contributed by atoms with Gasteiger partial charge in [0.15, 0.2) is 0 Å². The third-order valence-electron chi connectivity index (χ3n) is 4.87. The molecule has 1 amide bonds. The van der Waals surface area contributed by atoms with Crippen molar-refractivity contribution in [2.75, 3.05) is 25.0 Å². The second-order valence-electron chi connectivity index (χ2n) is 6.65. The number of amides is 1. The van der Waals surface area contributed by atoms with Crippen LogP contribution in [0, 0.1) is 18.6 Å². The average molecular weight is 360 g/mol. The highest BCUT2D eigenvalue weighted by Crippen LogP contribution is 2.21. The fourth-order valence-corrected chi connectivity index (χ4v) is 3.26. The van der Waals surface area contributed by atoms with Gasteiger partial charge in [-0.25, -0.2) is 18.7 Å². The van der Waals surface area contributed by atoms with E-state index < -0.39 is 11.6 Å². The zero-order chi connectivity index (χ0) is 18.7. The standard InChI is InChI=1S/C19H22F2N4O/c1-13-9-18(23-12-22-13)24(2)16-5-7-25(8-6-16)19(26)10-14-3-4-15(20)11-17(14)21/h3-4,9,11-12,16H,5-8,10H2,1-2H3. The first-order valence-corrected chi connectivity index (χ1v) is 8.67. The number of carbonyl (C=O) groups is 1. The average Bonchev–Trinajstić information content (AvgIpc) is 2.63. The summed E-state index contributed by atoms with van der Waals surface area (Å²) in [6.07, 6.45) is 3.14. The highest BCUT2D eigenvalue weighted by Gasteiger charge is 2.26. The number of rotatable bonds is 4. The molecule has 3 rings (SSSR count). The van der Waals surface area contributed by atoms with E-state index in [1.165, 1.54) is 12.1 Å². The number of hydrogen-bond acceptors (Lipinski definition) is 4. The highest BCUT2D eigenvalue weighted by atomic mass is 19.1. The smallest absolute Gasteiger partial charge is 0.227 e. The van der Waals surface area contributed by atoms with Crippen LogP contribution in [-0.4, -0.2) is 47.0 Å². The predicted molar refractivity (Wildman–Crippen MR) is 94.8 cm³/mol. The summed E-state index contributed by atoms with van der Waals surface area (Å²) in [7, 11) is 2.00. The lowest BCUT2D eigenvalue weighted by molar-refractivity contribution is -0.131. The second-order valence-corrected chi connectivity index (χ2v) is 6.65. The summed E-state index contributed by atoms with van der Waals surface area (Å²) in [4.78, 5) is 24.7. The zero-order valence-corrected chi connectivity index (χ0v) is 15.0. The third-order valence-corrected chi connectivity index (χ3v) is 4.87. The monoisotopic (exact) mass is 360 g/mol. The van der Waals surface area contributed by atoms with E-state index in [9.17, 15) is 13.6 Å². The molecule has 2 aromatic rings. The van der Waals surface area contributed by atoms with Crippen molar-refractivity contribution in [3.05, 3.63) is 53.5 Å². The second kappa shape index (κ2) is 7.76. The lowest BCUT2D eigenvalue weighted by Crippen LogP contribution is -2.46. The normalized spacial score (nSPS) is 15.2. The van der Waals surface area contributed by atoms with Crippen molar-refractivity contribution in [2.45, 2.75) is 32.2 Å². The summed E-state index contributed by atoms with van der Waals surface area (Å²) in [5.41, 5.74) is 1.14. The number of aromatic nitrogens is 2. The Labute approximate surface area is 151 Å². The lowest BCUT2D eigenvalue weighted by Gasteiger charge is -2.37. The number of likely N-dealkylation sites (tertiary alicyclic amines) is 1. The summed E-state index contributed by atoms with van der Waals surface area (Å²) in [5, 5.41) is 0. The van der Waals surface area contributed by atoms with Crippen molar-refractivity contribution in [1.82, 2.24) is 14.9 Å². The predicted octanol–water partition coefficient (Wildman–Crippen LogP) is 2.73. The van der Waals surface area contributed by atoms with Gasteiger partial charge in [-0.05, 0) is 31.4 Å². The van der Waals surface area contributed by atoms with Crippen LogP contribution in [0.2, 0.25) is 0 Å². The lowest BCUT2D eigenvalue weighted by atomic mass is 10.0. The van der Waals surface area contributed by atoms with Gasteiger partial charge in [0.2, 0.25) is 5.91 Å². The SMILES string of the molecule is Cc1cc(N(C)C2CCN(C(=O)Cc3ccc(F)cc3F)CC2)ncn1. The van der Waals surface area contributed by atoms with Crippen LogP contribution in [0.15, 0.2) is 30.6 Å². The first-order valence-electron chi connectivity index (χ1n) is 8.67. The van der Waals surface area contributed by atoms with Crippen molar-refractivity contribution in [3.8, 4) is 0 Å². The summed E-state index contributed by atoms with van der Waals surface area (Å²) in [6.45, 7) is 3.15. The van der Waals surface area contributed by atoms with Crippen molar-refractivity contribution in [2.24, 2.45) is 0 Å². The molecule has 0 atom stereocenters. The third kappa shape index (κ3) is 4.15. The summed E-state index contributed by atoms with van der Waals surface area (Å²) in [5.74, 6) is -0.570. The molecular formula is C19H22F2N4O. The molecule has 1 fully saturated rings. The van der Waals surface area contributed by atoms with E-state index in [1.54, 1.807) is 11.2 Å². The van der Waals surface area contributed by atoms with Crippen LogP contribution in [0.5, 0.6) is 0 Å². The number of aryl methyl sites for hydroxylation is 1. The molecule has 0 saturated carbocycles. The van der Waals surface area contributed by atoms with Crippen molar-refractivity contribution >= 4 is 11.7 Å². The molecule has 1 aliphatic heterocycles. The first kappa shape index (κ1) is 18.2. The van der Waals surface area contributed by atoms with Crippen LogP contribution in [0.3, 0.4) is 0 Å². The summed E-state index contributed by atoms with van der Waals surface area (Å²) < 4.78 is 26.7. The van der Waals surface area contributed by atoms with Crippen LogP contribution in [0.1, 0.15) is 24.1 Å². The number of anilines is 1. The number of hydrogen-bond donors (Lipinski definition) is 0. The number of halogens is 2. The molecule has 0 N–H and O–H groups in total. The van der Waals surface area contributed by atoms with Crippen molar-refractivity contribution < 1.29 is 13.6 Å². The number of benzene rings is 1. The molecule has 0 aliphatic carbocycles. The number of piperidine rings is 1. The molecule has 0 radical (unpaired) electrons. The van der Waals surface area contributed by atoms with Gasteiger partial charge in [0.1, 0.15) is 23.8 Å². The Hall–Kier alpha value is -2.57. The Kier molecular flexibility index (Phi) is 5.44. The van der Waals surface area contributed by atoms with E-state index in [-0.39, 0.29) is 23.9 Å². The van der Waals surface area contributed by atoms with Crippen LogP contribution in [0.4, 0.5) is 14.6 Å². The molecule has 1 aromatic carbocycles. The Morgan fingerprint density at radius 3 is 2.62 bits per heavy atom. The molecule has 5 nitrogen and oxygen atoms in total. The Morgan fingerprint density at radius 1 is 1.23 bits per heavy atom. The molecule has 138 valence electrons. The molecule has 1 saturated heterocycles. The van der Waals surface area contributed by atoms with Gasteiger partial charge in [-0.1, -0.05) is 6.07 Å². The molecule has 1 aliphatic rings. The topological polar surface area (TPSA) is 49.3 Å². The van der Waals surface area contributed by atoms with E-state index in [4.69, 9.17) is 0 Å². The minimum Gasteiger partial charge on any atom is -0.356 e. The maximum atomic E-state index is 13.7. The molecule has 26 heavy (non-hydrogen) atoms. The molecule has 1 aromatic heterocycles. The van der Waals surface area contributed by atoms with Gasteiger partial charge < -0.3 is 9.80 Å². The fraction of sp³-hybridized carbons (Fsp3) is 0.421. The van der Waals surface area contributed by atoms with E-state index in [2.05, 4.69) is 14.9 Å². The van der Waals surface area contributed by atoms with Gasteiger partial charge in [-0.3, -0.25) is 4.79 Å². The van der Waals surface area contributed by atoms with Gasteiger partial charge in [0, 0.05) is 44.0 Å². The van der Waals surface area contributed by atoms with Crippen LogP contribution >= 0.6 is 0 Å². The van der Waals surface area contributed by atoms with Gasteiger partial charge in [0.25, 0.3) is 0 Å². The van der Waals surface area contributed by atoms with E-state index in [0.717, 1.165) is 30.4 Å². The Bertz CT molecular complexity index is 791. The minimum atomic E-state index is -0.674. The van der Waals surface area contributed by atoms with Crippen molar-refractivity contribution in [3.63, 3.8) is 0 Å². The van der Waals surface area contributed by atoms with E-state index in [0.29, 0.717) is 13.1 Å². The van der Waals surface area contributed by atoms with Crippen LogP contribution in [0.25, 0.3) is 0 Å².